The Bertz CT molecular complexity index is 301. The number of anilines is 1. The van der Waals surface area contributed by atoms with Crippen molar-refractivity contribution in [2.75, 3.05) is 18.5 Å². The molecule has 0 fully saturated rings. The van der Waals surface area contributed by atoms with Gasteiger partial charge in [0.15, 0.2) is 0 Å². The van der Waals surface area contributed by atoms with Crippen LogP contribution < -0.4 is 10.6 Å². The van der Waals surface area contributed by atoms with Crippen molar-refractivity contribution in [1.29, 1.82) is 0 Å². The molecule has 2 N–H and O–H groups in total. The molecule has 0 aliphatic rings. The van der Waals surface area contributed by atoms with Crippen molar-refractivity contribution in [2.45, 2.75) is 19.9 Å². The second-order valence-corrected chi connectivity index (χ2v) is 4.18. The molecule has 1 aromatic rings. The maximum absolute atomic E-state index is 5.67. The lowest BCUT2D eigenvalue weighted by Gasteiger charge is -2.20. The molecule has 0 atom stereocenters. The van der Waals surface area contributed by atoms with Gasteiger partial charge in [-0.25, -0.2) is 4.98 Å². The van der Waals surface area contributed by atoms with E-state index in [0.717, 1.165) is 28.8 Å². The lowest BCUT2D eigenvalue weighted by Crippen LogP contribution is -2.21. The van der Waals surface area contributed by atoms with Gasteiger partial charge < -0.3 is 10.6 Å². The lowest BCUT2D eigenvalue weighted by molar-refractivity contribution is 0.826. The number of pyridine rings is 1. The van der Waals surface area contributed by atoms with Crippen molar-refractivity contribution >= 4 is 21.7 Å². The highest BCUT2D eigenvalue weighted by molar-refractivity contribution is 9.10. The number of aromatic nitrogens is 1. The lowest BCUT2D eigenvalue weighted by atomic mass is 10.2. The van der Waals surface area contributed by atoms with E-state index in [1.165, 1.54) is 0 Å². The van der Waals surface area contributed by atoms with Gasteiger partial charge >= 0.3 is 0 Å². The Balaban J connectivity index is 2.95. The highest BCUT2D eigenvalue weighted by Gasteiger charge is 2.07. The van der Waals surface area contributed by atoms with Crippen molar-refractivity contribution in [1.82, 2.24) is 4.98 Å². The Morgan fingerprint density at radius 1 is 1.57 bits per heavy atom. The standard InChI is InChI=1S/C10H16BrN3/c1-3-4-14(2)10-8(6-12)5-9(11)7-13-10/h5,7H,3-4,6,12H2,1-2H3. The molecule has 78 valence electrons. The summed E-state index contributed by atoms with van der Waals surface area (Å²) in [5.41, 5.74) is 6.74. The first kappa shape index (κ1) is 11.5. The van der Waals surface area contributed by atoms with Crippen molar-refractivity contribution < 1.29 is 0 Å². The largest absolute Gasteiger partial charge is 0.359 e. The summed E-state index contributed by atoms with van der Waals surface area (Å²) in [4.78, 5) is 6.50. The van der Waals surface area contributed by atoms with Gasteiger partial charge in [0.25, 0.3) is 0 Å². The molecule has 14 heavy (non-hydrogen) atoms. The molecule has 1 rings (SSSR count). The molecule has 0 bridgehead atoms. The summed E-state index contributed by atoms with van der Waals surface area (Å²) in [6, 6.07) is 2.02. The molecule has 4 heteroatoms. The first-order valence-electron chi connectivity index (χ1n) is 4.74. The number of nitrogens with zero attached hydrogens (tertiary/aromatic N) is 2. The van der Waals surface area contributed by atoms with Crippen LogP contribution in [0.3, 0.4) is 0 Å². The van der Waals surface area contributed by atoms with E-state index in [1.54, 1.807) is 6.20 Å². The van der Waals surface area contributed by atoms with E-state index in [0.29, 0.717) is 6.54 Å². The molecule has 0 radical (unpaired) electrons. The first-order chi connectivity index (χ1) is 6.69. The normalized spacial score (nSPS) is 10.3. The van der Waals surface area contributed by atoms with Crippen molar-refractivity contribution in [3.05, 3.63) is 22.3 Å². The molecular formula is C10H16BrN3. The molecule has 0 amide bonds. The number of hydrogen-bond donors (Lipinski definition) is 1. The average molecular weight is 258 g/mol. The predicted molar refractivity (Wildman–Crippen MR) is 63.4 cm³/mol. The minimum atomic E-state index is 0.524. The van der Waals surface area contributed by atoms with Crippen LogP contribution in [0.25, 0.3) is 0 Å². The molecule has 1 heterocycles. The quantitative estimate of drug-likeness (QED) is 0.899. The monoisotopic (exact) mass is 257 g/mol. The topological polar surface area (TPSA) is 42.2 Å². The zero-order valence-electron chi connectivity index (χ0n) is 8.63. The van der Waals surface area contributed by atoms with Crippen LogP contribution in [0.4, 0.5) is 5.82 Å². The second-order valence-electron chi connectivity index (χ2n) is 3.26. The third kappa shape index (κ3) is 2.69. The van der Waals surface area contributed by atoms with E-state index in [1.807, 2.05) is 13.1 Å². The average Bonchev–Trinajstić information content (AvgIpc) is 2.17. The van der Waals surface area contributed by atoms with Crippen LogP contribution in [0.15, 0.2) is 16.7 Å². The Hall–Kier alpha value is -0.610. The van der Waals surface area contributed by atoms with Crippen LogP contribution in [0.5, 0.6) is 0 Å². The Morgan fingerprint density at radius 2 is 2.29 bits per heavy atom. The summed E-state index contributed by atoms with van der Waals surface area (Å²) < 4.78 is 0.978. The van der Waals surface area contributed by atoms with E-state index in [9.17, 15) is 0 Å². The Morgan fingerprint density at radius 3 is 2.86 bits per heavy atom. The van der Waals surface area contributed by atoms with Crippen LogP contribution in [-0.4, -0.2) is 18.6 Å². The van der Waals surface area contributed by atoms with Crippen molar-refractivity contribution in [2.24, 2.45) is 5.73 Å². The smallest absolute Gasteiger partial charge is 0.132 e. The van der Waals surface area contributed by atoms with Gasteiger partial charge in [-0.3, -0.25) is 0 Å². The van der Waals surface area contributed by atoms with E-state index in [-0.39, 0.29) is 0 Å². The van der Waals surface area contributed by atoms with Crippen LogP contribution in [-0.2, 0) is 6.54 Å². The third-order valence-corrected chi connectivity index (χ3v) is 2.48. The van der Waals surface area contributed by atoms with Gasteiger partial charge in [-0.1, -0.05) is 6.92 Å². The molecule has 0 saturated heterocycles. The SMILES string of the molecule is CCCN(C)c1ncc(Br)cc1CN. The number of hydrogen-bond acceptors (Lipinski definition) is 3. The highest BCUT2D eigenvalue weighted by Crippen LogP contribution is 2.20. The maximum Gasteiger partial charge on any atom is 0.132 e. The first-order valence-corrected chi connectivity index (χ1v) is 5.54. The number of rotatable bonds is 4. The van der Waals surface area contributed by atoms with Gasteiger partial charge in [0, 0.05) is 36.4 Å². The van der Waals surface area contributed by atoms with Gasteiger partial charge in [-0.05, 0) is 28.4 Å². The van der Waals surface area contributed by atoms with Gasteiger partial charge in [0.05, 0.1) is 0 Å². The van der Waals surface area contributed by atoms with Gasteiger partial charge in [0.1, 0.15) is 5.82 Å². The fourth-order valence-corrected chi connectivity index (χ4v) is 1.79. The number of halogens is 1. The van der Waals surface area contributed by atoms with E-state index < -0.39 is 0 Å². The van der Waals surface area contributed by atoms with E-state index in [2.05, 4.69) is 32.7 Å². The maximum atomic E-state index is 5.67. The highest BCUT2D eigenvalue weighted by atomic mass is 79.9. The van der Waals surface area contributed by atoms with Crippen LogP contribution >= 0.6 is 15.9 Å². The molecule has 0 unspecified atom stereocenters. The minimum absolute atomic E-state index is 0.524. The van der Waals surface area contributed by atoms with Gasteiger partial charge in [0.2, 0.25) is 0 Å². The molecule has 0 aromatic carbocycles. The zero-order valence-corrected chi connectivity index (χ0v) is 10.2. The fourth-order valence-electron chi connectivity index (χ4n) is 1.41. The van der Waals surface area contributed by atoms with Crippen LogP contribution in [0.1, 0.15) is 18.9 Å². The predicted octanol–water partition coefficient (Wildman–Crippen LogP) is 2.15. The van der Waals surface area contributed by atoms with Crippen LogP contribution in [0.2, 0.25) is 0 Å². The third-order valence-electron chi connectivity index (χ3n) is 2.05. The van der Waals surface area contributed by atoms with E-state index >= 15 is 0 Å². The summed E-state index contributed by atoms with van der Waals surface area (Å²) in [6.07, 6.45) is 2.92. The molecule has 1 aromatic heterocycles. The summed E-state index contributed by atoms with van der Waals surface area (Å²) in [7, 11) is 2.04. The van der Waals surface area contributed by atoms with Crippen molar-refractivity contribution in [3.8, 4) is 0 Å². The van der Waals surface area contributed by atoms with Crippen LogP contribution in [0, 0.1) is 0 Å². The molecule has 0 aliphatic heterocycles. The Labute approximate surface area is 93.4 Å². The molecule has 0 aliphatic carbocycles. The van der Waals surface area contributed by atoms with E-state index in [4.69, 9.17) is 5.73 Å². The molecule has 0 spiro atoms. The fraction of sp³-hybridized carbons (Fsp3) is 0.500. The summed E-state index contributed by atoms with van der Waals surface area (Å²) in [6.45, 7) is 3.68. The number of nitrogens with two attached hydrogens (primary N) is 1. The molecule has 3 nitrogen and oxygen atoms in total. The summed E-state index contributed by atoms with van der Waals surface area (Å²) >= 11 is 3.39. The molecular weight excluding hydrogens is 242 g/mol. The minimum Gasteiger partial charge on any atom is -0.359 e. The summed E-state index contributed by atoms with van der Waals surface area (Å²) in [5, 5.41) is 0. The van der Waals surface area contributed by atoms with Crippen molar-refractivity contribution in [3.63, 3.8) is 0 Å². The van der Waals surface area contributed by atoms with Gasteiger partial charge in [-0.15, -0.1) is 0 Å². The Kier molecular flexibility index (Phi) is 4.35. The molecule has 0 saturated carbocycles. The second kappa shape index (κ2) is 5.32. The van der Waals surface area contributed by atoms with Gasteiger partial charge in [-0.2, -0.15) is 0 Å². The zero-order chi connectivity index (χ0) is 10.6. The summed E-state index contributed by atoms with van der Waals surface area (Å²) in [5.74, 6) is 0.984.